The number of aromatic nitrogens is 2. The van der Waals surface area contributed by atoms with Gasteiger partial charge in [-0.05, 0) is 42.3 Å². The van der Waals surface area contributed by atoms with E-state index in [2.05, 4.69) is 20.8 Å². The number of amides is 2. The number of hydrogen-bond acceptors (Lipinski definition) is 6. The molecule has 2 aromatic carbocycles. The van der Waals surface area contributed by atoms with Gasteiger partial charge < -0.3 is 10.1 Å². The highest BCUT2D eigenvalue weighted by Gasteiger charge is 2.31. The van der Waals surface area contributed by atoms with E-state index in [1.807, 2.05) is 6.07 Å². The molecule has 0 saturated carbocycles. The third-order valence-electron chi connectivity index (χ3n) is 4.68. The molecule has 1 aromatic heterocycles. The van der Waals surface area contributed by atoms with Gasteiger partial charge in [-0.15, -0.1) is 10.2 Å². The first kappa shape index (κ1) is 24.2. The van der Waals surface area contributed by atoms with Gasteiger partial charge in [-0.3, -0.25) is 14.9 Å². The fraction of sp³-hybridized carbons (Fsp3) is 0.273. The predicted molar refractivity (Wildman–Crippen MR) is 118 cm³/mol. The van der Waals surface area contributed by atoms with E-state index >= 15 is 0 Å². The second-order valence-electron chi connectivity index (χ2n) is 7.40. The zero-order valence-corrected chi connectivity index (χ0v) is 18.8. The molecule has 3 aromatic rings. The molecule has 0 spiro atoms. The number of carbonyl (C=O) groups is 2. The van der Waals surface area contributed by atoms with Crippen molar-refractivity contribution in [3.63, 3.8) is 0 Å². The van der Waals surface area contributed by atoms with Gasteiger partial charge in [-0.25, -0.2) is 0 Å². The summed E-state index contributed by atoms with van der Waals surface area (Å²) in [4.78, 5) is 25.3. The Bertz CT molecular complexity index is 1130. The van der Waals surface area contributed by atoms with Gasteiger partial charge >= 0.3 is 6.18 Å². The number of ether oxygens (including phenoxy) is 1. The van der Waals surface area contributed by atoms with Gasteiger partial charge in [0, 0.05) is 11.1 Å². The molecule has 0 aliphatic heterocycles. The Kier molecular flexibility index (Phi) is 7.32. The number of nitrogens with zero attached hydrogens (tertiary/aromatic N) is 2. The Labute approximate surface area is 192 Å². The maximum absolute atomic E-state index is 12.8. The van der Waals surface area contributed by atoms with Crippen molar-refractivity contribution in [3.05, 3.63) is 59.7 Å². The molecule has 1 heterocycles. The molecule has 2 N–H and O–H groups in total. The molecule has 7 nitrogen and oxygen atoms in total. The van der Waals surface area contributed by atoms with Crippen molar-refractivity contribution in [1.82, 2.24) is 15.5 Å². The standard InChI is InChI=1S/C22H21F3N4O3S/c1-12(2)17(26-18(30)13-7-9-15(10-8-13)22(23,24)25)19(31)27-21-29-28-20(33-21)14-5-4-6-16(11-14)32-3/h4-12,17H,1-3H3,(H,26,30)(H,27,29,31). The molecular weight excluding hydrogens is 457 g/mol. The molecule has 2 amide bonds. The highest BCUT2D eigenvalue weighted by atomic mass is 32.1. The van der Waals surface area contributed by atoms with Crippen molar-refractivity contribution in [3.8, 4) is 16.3 Å². The highest BCUT2D eigenvalue weighted by molar-refractivity contribution is 7.18. The third kappa shape index (κ3) is 6.07. The van der Waals surface area contributed by atoms with E-state index in [1.165, 1.54) is 0 Å². The normalized spacial score (nSPS) is 12.3. The molecule has 174 valence electrons. The van der Waals surface area contributed by atoms with Crippen LogP contribution in [-0.2, 0) is 11.0 Å². The number of hydrogen-bond donors (Lipinski definition) is 2. The van der Waals surface area contributed by atoms with Crippen molar-refractivity contribution < 1.29 is 27.5 Å². The minimum atomic E-state index is -4.50. The molecule has 1 unspecified atom stereocenters. The van der Waals surface area contributed by atoms with Gasteiger partial charge in [0.25, 0.3) is 5.91 Å². The maximum atomic E-state index is 12.8. The lowest BCUT2D eigenvalue weighted by Crippen LogP contribution is -2.47. The van der Waals surface area contributed by atoms with Gasteiger partial charge in [-0.1, -0.05) is 37.3 Å². The second kappa shape index (κ2) is 9.99. The van der Waals surface area contributed by atoms with Crippen LogP contribution in [0.1, 0.15) is 29.8 Å². The number of nitrogens with one attached hydrogen (secondary N) is 2. The Morgan fingerprint density at radius 1 is 1.06 bits per heavy atom. The highest BCUT2D eigenvalue weighted by Crippen LogP contribution is 2.30. The Hall–Kier alpha value is -3.47. The molecule has 11 heteroatoms. The van der Waals surface area contributed by atoms with E-state index in [0.717, 1.165) is 41.2 Å². The van der Waals surface area contributed by atoms with Crippen molar-refractivity contribution >= 4 is 28.3 Å². The summed E-state index contributed by atoms with van der Waals surface area (Å²) in [6.07, 6.45) is -4.50. The van der Waals surface area contributed by atoms with E-state index in [4.69, 9.17) is 4.74 Å². The summed E-state index contributed by atoms with van der Waals surface area (Å²) in [5, 5.41) is 14.1. The van der Waals surface area contributed by atoms with E-state index in [9.17, 15) is 22.8 Å². The Morgan fingerprint density at radius 2 is 1.76 bits per heavy atom. The molecule has 0 bridgehead atoms. The molecular formula is C22H21F3N4O3S. The predicted octanol–water partition coefficient (Wildman–Crippen LogP) is 4.63. The largest absolute Gasteiger partial charge is 0.497 e. The van der Waals surface area contributed by atoms with Gasteiger partial charge in [-0.2, -0.15) is 13.2 Å². The first-order valence-electron chi connectivity index (χ1n) is 9.85. The maximum Gasteiger partial charge on any atom is 0.416 e. The Balaban J connectivity index is 1.69. The lowest BCUT2D eigenvalue weighted by atomic mass is 10.0. The minimum Gasteiger partial charge on any atom is -0.497 e. The van der Waals surface area contributed by atoms with Crippen LogP contribution in [0.5, 0.6) is 5.75 Å². The van der Waals surface area contributed by atoms with Crippen LogP contribution < -0.4 is 15.4 Å². The molecule has 0 radical (unpaired) electrons. The minimum absolute atomic E-state index is 0.0117. The smallest absolute Gasteiger partial charge is 0.416 e. The lowest BCUT2D eigenvalue weighted by molar-refractivity contribution is -0.137. The van der Waals surface area contributed by atoms with E-state index in [-0.39, 0.29) is 16.6 Å². The van der Waals surface area contributed by atoms with Crippen molar-refractivity contribution in [2.75, 3.05) is 12.4 Å². The molecule has 0 saturated heterocycles. The Morgan fingerprint density at radius 3 is 2.36 bits per heavy atom. The van der Waals surface area contributed by atoms with E-state index in [1.54, 1.807) is 39.2 Å². The van der Waals surface area contributed by atoms with Crippen LogP contribution in [0.4, 0.5) is 18.3 Å². The fourth-order valence-electron chi connectivity index (χ4n) is 2.90. The zero-order chi connectivity index (χ0) is 24.2. The molecule has 1 atom stereocenters. The SMILES string of the molecule is COc1cccc(-c2nnc(NC(=O)C(NC(=O)c3ccc(C(F)(F)F)cc3)C(C)C)s2)c1. The first-order chi connectivity index (χ1) is 15.6. The zero-order valence-electron chi connectivity index (χ0n) is 17.9. The number of benzene rings is 2. The van der Waals surface area contributed by atoms with Gasteiger partial charge in [0.05, 0.1) is 12.7 Å². The summed E-state index contributed by atoms with van der Waals surface area (Å²) in [7, 11) is 1.55. The number of halogens is 3. The van der Waals surface area contributed by atoms with Crippen LogP contribution in [0.15, 0.2) is 48.5 Å². The van der Waals surface area contributed by atoms with Crippen LogP contribution in [0.3, 0.4) is 0 Å². The summed E-state index contributed by atoms with van der Waals surface area (Å²) in [6.45, 7) is 3.47. The molecule has 0 aliphatic carbocycles. The van der Waals surface area contributed by atoms with E-state index in [0.29, 0.717) is 10.8 Å². The van der Waals surface area contributed by atoms with Crippen molar-refractivity contribution in [2.24, 2.45) is 5.92 Å². The molecule has 0 fully saturated rings. The summed E-state index contributed by atoms with van der Waals surface area (Å²) < 4.78 is 43.4. The number of methoxy groups -OCH3 is 1. The molecule has 33 heavy (non-hydrogen) atoms. The van der Waals surface area contributed by atoms with Gasteiger partial charge in [0.2, 0.25) is 11.0 Å². The quantitative estimate of drug-likeness (QED) is 0.517. The van der Waals surface area contributed by atoms with Gasteiger partial charge in [0.15, 0.2) is 0 Å². The van der Waals surface area contributed by atoms with Crippen molar-refractivity contribution in [2.45, 2.75) is 26.1 Å². The average molecular weight is 478 g/mol. The number of rotatable bonds is 7. The topological polar surface area (TPSA) is 93.2 Å². The summed E-state index contributed by atoms with van der Waals surface area (Å²) in [6, 6.07) is 10.0. The average Bonchev–Trinajstić information content (AvgIpc) is 3.25. The van der Waals surface area contributed by atoms with Crippen LogP contribution in [0, 0.1) is 5.92 Å². The molecule has 0 aliphatic rings. The van der Waals surface area contributed by atoms with Gasteiger partial charge in [0.1, 0.15) is 16.8 Å². The first-order valence-corrected chi connectivity index (χ1v) is 10.7. The number of alkyl halides is 3. The lowest BCUT2D eigenvalue weighted by Gasteiger charge is -2.21. The van der Waals surface area contributed by atoms with Crippen LogP contribution in [0.25, 0.3) is 10.6 Å². The number of carbonyl (C=O) groups excluding carboxylic acids is 2. The number of anilines is 1. The van der Waals surface area contributed by atoms with E-state index < -0.39 is 29.6 Å². The fourth-order valence-corrected chi connectivity index (χ4v) is 3.64. The van der Waals surface area contributed by atoms with Crippen LogP contribution in [-0.4, -0.2) is 35.2 Å². The van der Waals surface area contributed by atoms with Crippen LogP contribution >= 0.6 is 11.3 Å². The monoisotopic (exact) mass is 478 g/mol. The summed E-state index contributed by atoms with van der Waals surface area (Å²) in [5.74, 6) is -0.821. The van der Waals surface area contributed by atoms with Crippen LogP contribution in [0.2, 0.25) is 0 Å². The summed E-state index contributed by atoms with van der Waals surface area (Å²) in [5.41, 5.74) is -0.0821. The summed E-state index contributed by atoms with van der Waals surface area (Å²) >= 11 is 1.15. The molecule has 3 rings (SSSR count). The third-order valence-corrected chi connectivity index (χ3v) is 5.57. The second-order valence-corrected chi connectivity index (χ2v) is 8.38. The van der Waals surface area contributed by atoms with Crippen molar-refractivity contribution in [1.29, 1.82) is 0 Å².